The average Bonchev–Trinajstić information content (AvgIpc) is 2.41. The third-order valence-electron chi connectivity index (χ3n) is 4.04. The maximum atomic E-state index is 11.7. The van der Waals surface area contributed by atoms with Gasteiger partial charge in [0.15, 0.2) is 0 Å². The van der Waals surface area contributed by atoms with Crippen LogP contribution in [0.5, 0.6) is 0 Å². The maximum Gasteiger partial charge on any atom is 0.150 e. The summed E-state index contributed by atoms with van der Waals surface area (Å²) in [5.74, 6) is 0.381. The number of hydrogen-bond acceptors (Lipinski definition) is 5. The molecule has 3 unspecified atom stereocenters. The third kappa shape index (κ3) is 6.08. The van der Waals surface area contributed by atoms with Crippen molar-refractivity contribution in [3.05, 3.63) is 0 Å². The molecule has 1 rings (SSSR count). The minimum atomic E-state index is -2.92. The molecule has 1 aliphatic carbocycles. The van der Waals surface area contributed by atoms with E-state index in [1.54, 1.807) is 7.11 Å². The number of methoxy groups -OCH3 is 1. The fourth-order valence-corrected chi connectivity index (χ4v) is 4.10. The highest BCUT2D eigenvalue weighted by molar-refractivity contribution is 7.91. The van der Waals surface area contributed by atoms with E-state index in [2.05, 4.69) is 12.2 Å². The molecule has 1 fully saturated rings. The zero-order chi connectivity index (χ0) is 15.0. The molecule has 0 radical (unpaired) electrons. The van der Waals surface area contributed by atoms with E-state index in [9.17, 15) is 8.42 Å². The number of ether oxygens (including phenoxy) is 2. The Kier molecular flexibility index (Phi) is 8.02. The smallest absolute Gasteiger partial charge is 0.150 e. The van der Waals surface area contributed by atoms with Gasteiger partial charge in [-0.1, -0.05) is 13.3 Å². The first-order valence-electron chi connectivity index (χ1n) is 7.48. The second-order valence-electron chi connectivity index (χ2n) is 5.61. The van der Waals surface area contributed by atoms with Crippen molar-refractivity contribution in [2.24, 2.45) is 5.92 Å². The monoisotopic (exact) mass is 307 g/mol. The topological polar surface area (TPSA) is 64.6 Å². The van der Waals surface area contributed by atoms with Crippen LogP contribution in [-0.2, 0) is 19.3 Å². The van der Waals surface area contributed by atoms with Gasteiger partial charge in [-0.15, -0.1) is 0 Å². The van der Waals surface area contributed by atoms with E-state index in [1.807, 2.05) is 0 Å². The van der Waals surface area contributed by atoms with Crippen LogP contribution in [0.1, 0.15) is 32.6 Å². The zero-order valence-corrected chi connectivity index (χ0v) is 13.7. The van der Waals surface area contributed by atoms with Crippen LogP contribution in [0.3, 0.4) is 0 Å². The standard InChI is InChI=1S/C14H29NO4S/c1-4-15-14(11-19-9-8-18-2)12-6-5-7-13(10-12)20(3,16)17/h12-15H,4-11H2,1-3H3. The van der Waals surface area contributed by atoms with Crippen LogP contribution >= 0.6 is 0 Å². The lowest BCUT2D eigenvalue weighted by Crippen LogP contribution is -2.44. The Hall–Kier alpha value is -0.170. The highest BCUT2D eigenvalue weighted by atomic mass is 32.2. The molecule has 0 amide bonds. The number of rotatable bonds is 9. The number of hydrogen-bond donors (Lipinski definition) is 1. The summed E-state index contributed by atoms with van der Waals surface area (Å²) in [7, 11) is -1.27. The molecular formula is C14H29NO4S. The van der Waals surface area contributed by atoms with Gasteiger partial charge in [-0.05, 0) is 31.7 Å². The van der Waals surface area contributed by atoms with Gasteiger partial charge in [0.1, 0.15) is 9.84 Å². The van der Waals surface area contributed by atoms with E-state index in [-0.39, 0.29) is 11.3 Å². The van der Waals surface area contributed by atoms with Crippen molar-refractivity contribution in [2.45, 2.75) is 43.9 Å². The van der Waals surface area contributed by atoms with Gasteiger partial charge in [-0.2, -0.15) is 0 Å². The first-order valence-corrected chi connectivity index (χ1v) is 9.43. The first-order chi connectivity index (χ1) is 9.49. The summed E-state index contributed by atoms with van der Waals surface area (Å²) in [6, 6.07) is 0.237. The van der Waals surface area contributed by atoms with Crippen molar-refractivity contribution in [2.75, 3.05) is 39.7 Å². The lowest BCUT2D eigenvalue weighted by Gasteiger charge is -2.34. The number of likely N-dealkylation sites (N-methyl/N-ethyl adjacent to an activating group) is 1. The molecule has 6 heteroatoms. The Balaban J connectivity index is 2.52. The molecule has 0 aromatic heterocycles. The van der Waals surface area contributed by atoms with Crippen molar-refractivity contribution >= 4 is 9.84 Å². The molecule has 0 spiro atoms. The van der Waals surface area contributed by atoms with Crippen molar-refractivity contribution in [3.8, 4) is 0 Å². The lowest BCUT2D eigenvalue weighted by atomic mass is 9.83. The predicted octanol–water partition coefficient (Wildman–Crippen LogP) is 1.23. The number of sulfone groups is 1. The van der Waals surface area contributed by atoms with Crippen LogP contribution in [0.15, 0.2) is 0 Å². The van der Waals surface area contributed by atoms with Crippen LogP contribution in [0, 0.1) is 5.92 Å². The van der Waals surface area contributed by atoms with Crippen LogP contribution < -0.4 is 5.32 Å². The molecule has 1 N–H and O–H groups in total. The van der Waals surface area contributed by atoms with Gasteiger partial charge in [0, 0.05) is 19.4 Å². The Morgan fingerprint density at radius 3 is 2.65 bits per heavy atom. The van der Waals surface area contributed by atoms with Gasteiger partial charge < -0.3 is 14.8 Å². The molecule has 0 heterocycles. The molecule has 0 aromatic rings. The normalized spacial score (nSPS) is 25.6. The second kappa shape index (κ2) is 8.97. The molecule has 0 bridgehead atoms. The molecule has 20 heavy (non-hydrogen) atoms. The van der Waals surface area contributed by atoms with E-state index in [4.69, 9.17) is 9.47 Å². The van der Waals surface area contributed by atoms with Gasteiger partial charge >= 0.3 is 0 Å². The van der Waals surface area contributed by atoms with Crippen molar-refractivity contribution in [1.29, 1.82) is 0 Å². The lowest BCUT2D eigenvalue weighted by molar-refractivity contribution is 0.0454. The summed E-state index contributed by atoms with van der Waals surface area (Å²) in [5, 5.41) is 3.26. The molecule has 0 aromatic carbocycles. The molecule has 120 valence electrons. The van der Waals surface area contributed by atoms with Crippen LogP contribution in [-0.4, -0.2) is 59.4 Å². The Morgan fingerprint density at radius 2 is 2.05 bits per heavy atom. The van der Waals surface area contributed by atoms with E-state index < -0.39 is 9.84 Å². The Labute approximate surface area is 123 Å². The van der Waals surface area contributed by atoms with Crippen molar-refractivity contribution < 1.29 is 17.9 Å². The van der Waals surface area contributed by atoms with Gasteiger partial charge in [0.25, 0.3) is 0 Å². The second-order valence-corrected chi connectivity index (χ2v) is 7.94. The summed E-state index contributed by atoms with van der Waals surface area (Å²) in [6.45, 7) is 4.74. The summed E-state index contributed by atoms with van der Waals surface area (Å²) in [5.41, 5.74) is 0. The third-order valence-corrected chi connectivity index (χ3v) is 5.68. The van der Waals surface area contributed by atoms with E-state index in [1.165, 1.54) is 6.26 Å². The van der Waals surface area contributed by atoms with Crippen molar-refractivity contribution in [1.82, 2.24) is 5.32 Å². The maximum absolute atomic E-state index is 11.7. The predicted molar refractivity (Wildman–Crippen MR) is 80.7 cm³/mol. The van der Waals surface area contributed by atoms with Gasteiger partial charge in [-0.25, -0.2) is 8.42 Å². The fraction of sp³-hybridized carbons (Fsp3) is 1.00. The molecular weight excluding hydrogens is 278 g/mol. The molecule has 1 aliphatic rings. The molecule has 5 nitrogen and oxygen atoms in total. The van der Waals surface area contributed by atoms with Crippen LogP contribution in [0.4, 0.5) is 0 Å². The SMILES string of the molecule is CCNC(COCCOC)C1CCCC(S(C)(=O)=O)C1. The summed E-state index contributed by atoms with van der Waals surface area (Å²) in [6.07, 6.45) is 4.99. The largest absolute Gasteiger partial charge is 0.382 e. The van der Waals surface area contributed by atoms with E-state index in [0.29, 0.717) is 25.7 Å². The average molecular weight is 307 g/mol. The quantitative estimate of drug-likeness (QED) is 0.649. The van der Waals surface area contributed by atoms with Crippen LogP contribution in [0.2, 0.25) is 0 Å². The van der Waals surface area contributed by atoms with E-state index >= 15 is 0 Å². The zero-order valence-electron chi connectivity index (χ0n) is 12.9. The molecule has 0 aliphatic heterocycles. The minimum Gasteiger partial charge on any atom is -0.382 e. The molecule has 0 saturated heterocycles. The van der Waals surface area contributed by atoms with Crippen LogP contribution in [0.25, 0.3) is 0 Å². The Morgan fingerprint density at radius 1 is 1.30 bits per heavy atom. The summed E-state index contributed by atoms with van der Waals surface area (Å²) < 4.78 is 34.1. The van der Waals surface area contributed by atoms with Gasteiger partial charge in [0.05, 0.1) is 25.1 Å². The highest BCUT2D eigenvalue weighted by Crippen LogP contribution is 2.30. The number of nitrogens with one attached hydrogen (secondary N) is 1. The molecule has 1 saturated carbocycles. The summed E-state index contributed by atoms with van der Waals surface area (Å²) in [4.78, 5) is 0. The van der Waals surface area contributed by atoms with Crippen molar-refractivity contribution in [3.63, 3.8) is 0 Å². The molecule has 3 atom stereocenters. The van der Waals surface area contributed by atoms with Gasteiger partial charge in [0.2, 0.25) is 0 Å². The fourth-order valence-electron chi connectivity index (χ4n) is 2.91. The summed E-state index contributed by atoms with van der Waals surface area (Å²) >= 11 is 0. The Bertz CT molecular complexity index is 358. The minimum absolute atomic E-state index is 0.179. The highest BCUT2D eigenvalue weighted by Gasteiger charge is 2.32. The van der Waals surface area contributed by atoms with E-state index in [0.717, 1.165) is 32.2 Å². The first kappa shape index (κ1) is 17.9. The van der Waals surface area contributed by atoms with Gasteiger partial charge in [-0.3, -0.25) is 0 Å².